The predicted molar refractivity (Wildman–Crippen MR) is 43.7 cm³/mol. The van der Waals surface area contributed by atoms with Crippen LogP contribution in [-0.2, 0) is 9.47 Å². The molecule has 0 radical (unpaired) electrons. The lowest BCUT2D eigenvalue weighted by Crippen LogP contribution is -2.46. The van der Waals surface area contributed by atoms with Crippen molar-refractivity contribution in [3.05, 3.63) is 0 Å². The van der Waals surface area contributed by atoms with Gasteiger partial charge in [0.15, 0.2) is 0 Å². The van der Waals surface area contributed by atoms with Gasteiger partial charge in [-0.3, -0.25) is 0 Å². The molecule has 1 rings (SSSR count). The van der Waals surface area contributed by atoms with E-state index in [1.54, 1.807) is 14.2 Å². The van der Waals surface area contributed by atoms with Gasteiger partial charge < -0.3 is 14.4 Å². The third-order valence-electron chi connectivity index (χ3n) is 2.31. The summed E-state index contributed by atoms with van der Waals surface area (Å²) < 4.78 is 10.6. The molecule has 0 amide bonds. The van der Waals surface area contributed by atoms with E-state index < -0.39 is 0 Å². The Morgan fingerprint density at radius 2 is 1.82 bits per heavy atom. The van der Waals surface area contributed by atoms with Gasteiger partial charge in [-0.05, 0) is 13.5 Å². The van der Waals surface area contributed by atoms with Crippen LogP contribution in [0.3, 0.4) is 0 Å². The molecule has 3 heteroatoms. The van der Waals surface area contributed by atoms with Crippen molar-refractivity contribution in [3.8, 4) is 0 Å². The second-order valence-corrected chi connectivity index (χ2v) is 3.10. The molecule has 3 nitrogen and oxygen atoms in total. The first-order valence-corrected chi connectivity index (χ1v) is 4.02. The summed E-state index contributed by atoms with van der Waals surface area (Å²) >= 11 is 0. The standard InChI is InChI=1S/C8H17NO2/c1-9-5-4-7(10-2)8(6-9)11-3/h7-8H,4-6H2,1-3H3. The molecule has 66 valence electrons. The lowest BCUT2D eigenvalue weighted by Gasteiger charge is -2.34. The highest BCUT2D eigenvalue weighted by Crippen LogP contribution is 2.14. The van der Waals surface area contributed by atoms with Gasteiger partial charge in [0.2, 0.25) is 0 Å². The van der Waals surface area contributed by atoms with Crippen LogP contribution in [-0.4, -0.2) is 51.5 Å². The third kappa shape index (κ3) is 2.15. The number of likely N-dealkylation sites (N-methyl/N-ethyl adjacent to an activating group) is 1. The van der Waals surface area contributed by atoms with E-state index in [0.29, 0.717) is 0 Å². The molecule has 0 N–H and O–H groups in total. The molecule has 0 spiro atoms. The molecule has 1 heterocycles. The summed E-state index contributed by atoms with van der Waals surface area (Å²) in [5.74, 6) is 0. The monoisotopic (exact) mass is 159 g/mol. The zero-order valence-corrected chi connectivity index (χ0v) is 7.54. The average molecular weight is 159 g/mol. The summed E-state index contributed by atoms with van der Waals surface area (Å²) in [4.78, 5) is 2.27. The zero-order chi connectivity index (χ0) is 8.27. The molecule has 0 bridgehead atoms. The second-order valence-electron chi connectivity index (χ2n) is 3.10. The number of ether oxygens (including phenoxy) is 2. The van der Waals surface area contributed by atoms with Gasteiger partial charge in [0.25, 0.3) is 0 Å². The zero-order valence-electron chi connectivity index (χ0n) is 7.54. The number of likely N-dealkylation sites (tertiary alicyclic amines) is 1. The van der Waals surface area contributed by atoms with Gasteiger partial charge in [0, 0.05) is 27.3 Å². The molecular weight excluding hydrogens is 142 g/mol. The second kappa shape index (κ2) is 4.04. The van der Waals surface area contributed by atoms with E-state index in [1.807, 2.05) is 0 Å². The van der Waals surface area contributed by atoms with Gasteiger partial charge in [-0.25, -0.2) is 0 Å². The lowest BCUT2D eigenvalue weighted by molar-refractivity contribution is -0.0742. The number of methoxy groups -OCH3 is 2. The molecule has 1 fully saturated rings. The summed E-state index contributed by atoms with van der Waals surface area (Å²) in [7, 11) is 5.61. The third-order valence-corrected chi connectivity index (χ3v) is 2.31. The minimum Gasteiger partial charge on any atom is -0.379 e. The van der Waals surface area contributed by atoms with Gasteiger partial charge in [0.1, 0.15) is 0 Å². The highest BCUT2D eigenvalue weighted by molar-refractivity contribution is 4.79. The molecule has 1 aliphatic heterocycles. The molecule has 2 unspecified atom stereocenters. The van der Waals surface area contributed by atoms with Crippen molar-refractivity contribution in [3.63, 3.8) is 0 Å². The van der Waals surface area contributed by atoms with Crippen molar-refractivity contribution in [2.75, 3.05) is 34.4 Å². The first-order valence-electron chi connectivity index (χ1n) is 4.02. The Hall–Kier alpha value is -0.120. The molecule has 0 aliphatic carbocycles. The Morgan fingerprint density at radius 3 is 2.36 bits per heavy atom. The Morgan fingerprint density at radius 1 is 1.18 bits per heavy atom. The fourth-order valence-electron chi connectivity index (χ4n) is 1.55. The summed E-state index contributed by atoms with van der Waals surface area (Å²) in [5.41, 5.74) is 0. The number of nitrogens with zero attached hydrogens (tertiary/aromatic N) is 1. The fraction of sp³-hybridized carbons (Fsp3) is 1.00. The molecule has 1 aliphatic rings. The summed E-state index contributed by atoms with van der Waals surface area (Å²) in [5, 5.41) is 0. The molecule has 0 aromatic rings. The first kappa shape index (κ1) is 8.97. The smallest absolute Gasteiger partial charge is 0.0959 e. The number of rotatable bonds is 2. The summed E-state index contributed by atoms with van der Waals surface area (Å²) in [6.07, 6.45) is 1.61. The highest BCUT2D eigenvalue weighted by Gasteiger charge is 2.26. The van der Waals surface area contributed by atoms with Crippen LogP contribution in [0.1, 0.15) is 6.42 Å². The van der Waals surface area contributed by atoms with Gasteiger partial charge in [-0.2, -0.15) is 0 Å². The largest absolute Gasteiger partial charge is 0.379 e. The van der Waals surface area contributed by atoms with Crippen LogP contribution < -0.4 is 0 Å². The Balaban J connectivity index is 2.41. The quantitative estimate of drug-likeness (QED) is 0.580. The molecule has 0 aromatic heterocycles. The minimum atomic E-state index is 0.249. The van der Waals surface area contributed by atoms with Crippen molar-refractivity contribution in [2.45, 2.75) is 18.6 Å². The van der Waals surface area contributed by atoms with Gasteiger partial charge >= 0.3 is 0 Å². The molecule has 0 aromatic carbocycles. The Bertz CT molecular complexity index is 119. The van der Waals surface area contributed by atoms with E-state index in [9.17, 15) is 0 Å². The summed E-state index contributed by atoms with van der Waals surface area (Å²) in [6, 6.07) is 0. The Labute approximate surface area is 68.3 Å². The molecule has 11 heavy (non-hydrogen) atoms. The Kier molecular flexibility index (Phi) is 3.30. The van der Waals surface area contributed by atoms with Crippen LogP contribution in [0.15, 0.2) is 0 Å². The summed E-state index contributed by atoms with van der Waals surface area (Å²) in [6.45, 7) is 2.09. The van der Waals surface area contributed by atoms with Crippen LogP contribution in [0.4, 0.5) is 0 Å². The minimum absolute atomic E-state index is 0.249. The van der Waals surface area contributed by atoms with E-state index >= 15 is 0 Å². The van der Waals surface area contributed by atoms with E-state index in [2.05, 4.69) is 11.9 Å². The van der Waals surface area contributed by atoms with Crippen LogP contribution >= 0.6 is 0 Å². The van der Waals surface area contributed by atoms with Crippen molar-refractivity contribution in [1.82, 2.24) is 4.90 Å². The molecule has 0 saturated carbocycles. The number of hydrogen-bond donors (Lipinski definition) is 0. The van der Waals surface area contributed by atoms with Crippen LogP contribution in [0.5, 0.6) is 0 Å². The average Bonchev–Trinajstić information content (AvgIpc) is 2.04. The van der Waals surface area contributed by atoms with E-state index in [4.69, 9.17) is 9.47 Å². The van der Waals surface area contributed by atoms with Crippen molar-refractivity contribution in [1.29, 1.82) is 0 Å². The highest BCUT2D eigenvalue weighted by atomic mass is 16.5. The van der Waals surface area contributed by atoms with E-state index in [-0.39, 0.29) is 12.2 Å². The van der Waals surface area contributed by atoms with Crippen LogP contribution in [0.25, 0.3) is 0 Å². The van der Waals surface area contributed by atoms with Crippen molar-refractivity contribution >= 4 is 0 Å². The fourth-order valence-corrected chi connectivity index (χ4v) is 1.55. The van der Waals surface area contributed by atoms with Crippen molar-refractivity contribution < 1.29 is 9.47 Å². The van der Waals surface area contributed by atoms with Crippen LogP contribution in [0, 0.1) is 0 Å². The lowest BCUT2D eigenvalue weighted by atomic mass is 10.1. The first-order chi connectivity index (χ1) is 5.27. The van der Waals surface area contributed by atoms with Gasteiger partial charge in [-0.15, -0.1) is 0 Å². The van der Waals surface area contributed by atoms with Gasteiger partial charge in [-0.1, -0.05) is 0 Å². The molecule has 2 atom stereocenters. The van der Waals surface area contributed by atoms with E-state index in [0.717, 1.165) is 19.5 Å². The predicted octanol–water partition coefficient (Wildman–Crippen LogP) is 0.352. The molecule has 1 saturated heterocycles. The van der Waals surface area contributed by atoms with Crippen molar-refractivity contribution in [2.24, 2.45) is 0 Å². The van der Waals surface area contributed by atoms with Gasteiger partial charge in [0.05, 0.1) is 12.2 Å². The number of hydrogen-bond acceptors (Lipinski definition) is 3. The maximum Gasteiger partial charge on any atom is 0.0959 e. The maximum absolute atomic E-state index is 5.30. The van der Waals surface area contributed by atoms with E-state index in [1.165, 1.54) is 0 Å². The topological polar surface area (TPSA) is 21.7 Å². The normalized spacial score (nSPS) is 34.1. The maximum atomic E-state index is 5.30. The van der Waals surface area contributed by atoms with Crippen LogP contribution in [0.2, 0.25) is 0 Å². The molecular formula is C8H17NO2. The SMILES string of the molecule is COC1CCN(C)CC1OC. The number of piperidine rings is 1.